The fraction of sp³-hybridized carbons (Fsp3) is 0.214. The predicted molar refractivity (Wildman–Crippen MR) is 130 cm³/mol. The highest BCUT2D eigenvalue weighted by molar-refractivity contribution is 5.73. The minimum Gasteiger partial charge on any atom is -0.326 e. The molecule has 3 heteroatoms. The van der Waals surface area contributed by atoms with Crippen molar-refractivity contribution in [2.45, 2.75) is 32.2 Å². The number of hydrogen-bond donors (Lipinski definition) is 1. The molecule has 2 atom stereocenters. The first-order valence-corrected chi connectivity index (χ1v) is 10.8. The van der Waals surface area contributed by atoms with Crippen LogP contribution < -0.4 is 5.56 Å². The van der Waals surface area contributed by atoms with Crippen LogP contribution >= 0.6 is 0 Å². The Labute approximate surface area is 184 Å². The molecule has 3 nitrogen and oxygen atoms in total. The molecule has 1 aromatic heterocycles. The second-order valence-electron chi connectivity index (χ2n) is 8.14. The number of nitrogens with one attached hydrogen (secondary N) is 1. The average Bonchev–Trinajstić information content (AvgIpc) is 2.75. The SMILES string of the molecule is C/C=C1\[C@H]2C=C(C)C[C@]1(N=C/C=C/C=C/C=C/c1ccccc1)c1ccc(=O)[nH]c1C2. The van der Waals surface area contributed by atoms with Crippen LogP contribution in [-0.2, 0) is 12.0 Å². The first-order valence-electron chi connectivity index (χ1n) is 10.8. The van der Waals surface area contributed by atoms with Crippen molar-refractivity contribution in [2.24, 2.45) is 10.9 Å². The van der Waals surface area contributed by atoms with Gasteiger partial charge in [-0.3, -0.25) is 9.79 Å². The lowest BCUT2D eigenvalue weighted by Gasteiger charge is -2.45. The summed E-state index contributed by atoms with van der Waals surface area (Å²) in [5.41, 5.74) is 5.50. The van der Waals surface area contributed by atoms with E-state index in [0.717, 1.165) is 24.1 Å². The molecule has 0 radical (unpaired) electrons. The topological polar surface area (TPSA) is 45.2 Å². The van der Waals surface area contributed by atoms with Crippen LogP contribution in [0.5, 0.6) is 0 Å². The van der Waals surface area contributed by atoms with E-state index in [1.165, 1.54) is 16.7 Å². The summed E-state index contributed by atoms with van der Waals surface area (Å²) in [7, 11) is 0. The molecule has 0 amide bonds. The summed E-state index contributed by atoms with van der Waals surface area (Å²) < 4.78 is 0. The summed E-state index contributed by atoms with van der Waals surface area (Å²) in [5.74, 6) is 0.286. The van der Waals surface area contributed by atoms with Crippen molar-refractivity contribution in [1.82, 2.24) is 4.98 Å². The van der Waals surface area contributed by atoms with Crippen molar-refractivity contribution >= 4 is 12.3 Å². The summed E-state index contributed by atoms with van der Waals surface area (Å²) in [6.07, 6.45) is 20.2. The van der Waals surface area contributed by atoms with Gasteiger partial charge in [0.05, 0.1) is 0 Å². The highest BCUT2D eigenvalue weighted by Crippen LogP contribution is 2.51. The highest BCUT2D eigenvalue weighted by Gasteiger charge is 2.46. The van der Waals surface area contributed by atoms with Crippen molar-refractivity contribution in [3.8, 4) is 0 Å². The van der Waals surface area contributed by atoms with Gasteiger partial charge < -0.3 is 4.98 Å². The van der Waals surface area contributed by atoms with E-state index >= 15 is 0 Å². The van der Waals surface area contributed by atoms with Crippen LogP contribution in [0.15, 0.2) is 106 Å². The summed E-state index contributed by atoms with van der Waals surface area (Å²) in [5, 5.41) is 0. The number of aromatic amines is 1. The van der Waals surface area contributed by atoms with E-state index in [4.69, 9.17) is 4.99 Å². The van der Waals surface area contributed by atoms with Crippen LogP contribution in [0.2, 0.25) is 0 Å². The lowest BCUT2D eigenvalue weighted by atomic mass is 9.63. The minimum absolute atomic E-state index is 0.0471. The number of nitrogens with zero attached hydrogens (tertiary/aromatic N) is 1. The van der Waals surface area contributed by atoms with E-state index < -0.39 is 5.54 Å². The molecular formula is C28H28N2O. The van der Waals surface area contributed by atoms with E-state index in [9.17, 15) is 4.79 Å². The Morgan fingerprint density at radius 1 is 1.03 bits per heavy atom. The van der Waals surface area contributed by atoms with Gasteiger partial charge in [0, 0.05) is 35.9 Å². The second-order valence-corrected chi connectivity index (χ2v) is 8.14. The lowest BCUT2D eigenvalue weighted by Crippen LogP contribution is -2.40. The van der Waals surface area contributed by atoms with Crippen LogP contribution in [0, 0.1) is 5.92 Å². The van der Waals surface area contributed by atoms with Crippen molar-refractivity contribution in [1.29, 1.82) is 0 Å². The number of aliphatic imine (C=N–C) groups is 1. The monoisotopic (exact) mass is 408 g/mol. The maximum absolute atomic E-state index is 11.9. The Morgan fingerprint density at radius 2 is 1.81 bits per heavy atom. The fourth-order valence-electron chi connectivity index (χ4n) is 4.80. The summed E-state index contributed by atoms with van der Waals surface area (Å²) in [6.45, 7) is 4.27. The molecule has 0 fully saturated rings. The number of aromatic nitrogens is 1. The molecule has 0 aliphatic heterocycles. The largest absolute Gasteiger partial charge is 0.326 e. The molecule has 2 aromatic rings. The van der Waals surface area contributed by atoms with E-state index in [0.29, 0.717) is 0 Å². The summed E-state index contributed by atoms with van der Waals surface area (Å²) >= 11 is 0. The maximum atomic E-state index is 11.9. The van der Waals surface area contributed by atoms with Gasteiger partial charge >= 0.3 is 0 Å². The van der Waals surface area contributed by atoms with Gasteiger partial charge in [-0.15, -0.1) is 0 Å². The molecule has 1 heterocycles. The highest BCUT2D eigenvalue weighted by atomic mass is 16.1. The normalized spacial score (nSPS) is 24.5. The molecular weight excluding hydrogens is 380 g/mol. The predicted octanol–water partition coefficient (Wildman–Crippen LogP) is 5.94. The molecule has 2 aliphatic carbocycles. The number of pyridine rings is 1. The van der Waals surface area contributed by atoms with E-state index in [1.807, 2.05) is 60.9 Å². The van der Waals surface area contributed by atoms with Crippen LogP contribution in [0.4, 0.5) is 0 Å². The van der Waals surface area contributed by atoms with Gasteiger partial charge in [0.2, 0.25) is 5.56 Å². The van der Waals surface area contributed by atoms with Crippen molar-refractivity contribution < 1.29 is 0 Å². The van der Waals surface area contributed by atoms with Crippen molar-refractivity contribution in [3.63, 3.8) is 0 Å². The third-order valence-corrected chi connectivity index (χ3v) is 5.99. The van der Waals surface area contributed by atoms with Gasteiger partial charge in [0.1, 0.15) is 5.54 Å². The molecule has 0 saturated heterocycles. The first-order chi connectivity index (χ1) is 15.1. The van der Waals surface area contributed by atoms with Gasteiger partial charge in [-0.05, 0) is 43.5 Å². The first kappa shape index (κ1) is 20.8. The molecule has 0 saturated carbocycles. The third-order valence-electron chi connectivity index (χ3n) is 5.99. The fourth-order valence-corrected chi connectivity index (χ4v) is 4.80. The Bertz CT molecular complexity index is 1170. The summed E-state index contributed by atoms with van der Waals surface area (Å²) in [4.78, 5) is 20.0. The number of hydrogen-bond acceptors (Lipinski definition) is 2. The quantitative estimate of drug-likeness (QED) is 0.372. The van der Waals surface area contributed by atoms with Gasteiger partial charge in [-0.25, -0.2) is 0 Å². The van der Waals surface area contributed by atoms with Crippen LogP contribution in [0.1, 0.15) is 37.1 Å². The maximum Gasteiger partial charge on any atom is 0.248 e. The van der Waals surface area contributed by atoms with E-state index in [-0.39, 0.29) is 11.5 Å². The number of rotatable bonds is 5. The lowest BCUT2D eigenvalue weighted by molar-refractivity contribution is 0.413. The smallest absolute Gasteiger partial charge is 0.248 e. The molecule has 31 heavy (non-hydrogen) atoms. The average molecular weight is 409 g/mol. The molecule has 2 aliphatic rings. The Hall–Kier alpha value is -3.46. The molecule has 156 valence electrons. The second kappa shape index (κ2) is 9.13. The number of allylic oxidation sites excluding steroid dienone is 7. The van der Waals surface area contributed by atoms with Gasteiger partial charge in [0.25, 0.3) is 0 Å². The van der Waals surface area contributed by atoms with Crippen molar-refractivity contribution in [2.75, 3.05) is 0 Å². The van der Waals surface area contributed by atoms with Gasteiger partial charge in [-0.2, -0.15) is 0 Å². The molecule has 4 rings (SSSR count). The molecule has 1 N–H and O–H groups in total. The molecule has 1 aromatic carbocycles. The molecule has 0 unspecified atom stereocenters. The third kappa shape index (κ3) is 4.36. The zero-order valence-corrected chi connectivity index (χ0v) is 18.1. The zero-order chi connectivity index (χ0) is 21.7. The Kier molecular flexibility index (Phi) is 6.13. The minimum atomic E-state index is -0.433. The Balaban J connectivity index is 1.56. The van der Waals surface area contributed by atoms with E-state index in [1.54, 1.807) is 6.07 Å². The Morgan fingerprint density at radius 3 is 2.61 bits per heavy atom. The van der Waals surface area contributed by atoms with Gasteiger partial charge in [0.15, 0.2) is 0 Å². The van der Waals surface area contributed by atoms with Crippen molar-refractivity contribution in [3.05, 3.63) is 123 Å². The number of benzene rings is 1. The molecule has 2 bridgehead atoms. The standard InChI is InChI=1S/C28H28N2O/c1-3-24-23-18-21(2)20-28(24,25-15-16-27(31)30-26(25)19-23)29-17-11-6-4-5-8-12-22-13-9-7-10-14-22/h3-18,23H,19-20H2,1-2H3,(H,30,31)/b5-4+,11-6+,12-8+,24-3+,29-17?/t23-,28+/m0/s1. The van der Waals surface area contributed by atoms with Crippen LogP contribution in [0.25, 0.3) is 6.08 Å². The number of fused-ring (bicyclic) bond motifs is 4. The van der Waals surface area contributed by atoms with Crippen LogP contribution in [0.3, 0.4) is 0 Å². The van der Waals surface area contributed by atoms with Gasteiger partial charge in [-0.1, -0.05) is 78.4 Å². The zero-order valence-electron chi connectivity index (χ0n) is 18.1. The van der Waals surface area contributed by atoms with E-state index in [2.05, 4.69) is 49.2 Å². The van der Waals surface area contributed by atoms with Crippen LogP contribution in [-0.4, -0.2) is 11.2 Å². The summed E-state index contributed by atoms with van der Waals surface area (Å²) in [6, 6.07) is 13.8. The molecule has 0 spiro atoms. The number of H-pyrrole nitrogens is 1.